The van der Waals surface area contributed by atoms with Crippen LogP contribution in [-0.4, -0.2) is 18.1 Å². The highest BCUT2D eigenvalue weighted by molar-refractivity contribution is 9.10. The van der Waals surface area contributed by atoms with Crippen LogP contribution in [0.25, 0.3) is 0 Å². The Kier molecular flexibility index (Phi) is 8.26. The summed E-state index contributed by atoms with van der Waals surface area (Å²) in [6.45, 7) is 2.35. The molecule has 6 nitrogen and oxygen atoms in total. The van der Waals surface area contributed by atoms with E-state index < -0.39 is 5.97 Å². The summed E-state index contributed by atoms with van der Waals surface area (Å²) in [6, 6.07) is 29.0. The minimum atomic E-state index is -0.478. The fraction of sp³-hybridized carbons (Fsp3) is 0.0690. The smallest absolute Gasteiger partial charge is 0.343 e. The largest absolute Gasteiger partial charge is 0.489 e. The number of aryl methyl sites for hydroxylation is 1. The molecule has 0 heterocycles. The minimum Gasteiger partial charge on any atom is -0.489 e. The number of benzene rings is 4. The number of hydrazone groups is 1. The van der Waals surface area contributed by atoms with Crippen molar-refractivity contribution >= 4 is 34.0 Å². The van der Waals surface area contributed by atoms with E-state index >= 15 is 0 Å². The lowest BCUT2D eigenvalue weighted by Crippen LogP contribution is -2.17. The SMILES string of the molecule is Cc1cccc(C(=O)Oc2ccc(Br)cc2/C=N\NC(=O)c2ccc(OCc3ccccc3)cc2)c1. The van der Waals surface area contributed by atoms with Crippen LogP contribution in [0.15, 0.2) is 107 Å². The molecule has 0 spiro atoms. The lowest BCUT2D eigenvalue weighted by Gasteiger charge is -2.09. The number of nitrogens with zero attached hydrogens (tertiary/aromatic N) is 1. The molecule has 1 amide bonds. The van der Waals surface area contributed by atoms with E-state index in [0.717, 1.165) is 15.6 Å². The van der Waals surface area contributed by atoms with Gasteiger partial charge in [0.1, 0.15) is 18.1 Å². The van der Waals surface area contributed by atoms with E-state index in [4.69, 9.17) is 9.47 Å². The maximum atomic E-state index is 12.6. The Morgan fingerprint density at radius 2 is 1.67 bits per heavy atom. The molecule has 4 aromatic carbocycles. The second-order valence-electron chi connectivity index (χ2n) is 7.94. The van der Waals surface area contributed by atoms with Crippen molar-refractivity contribution in [1.29, 1.82) is 0 Å². The van der Waals surface area contributed by atoms with Crippen LogP contribution < -0.4 is 14.9 Å². The van der Waals surface area contributed by atoms with Crippen LogP contribution in [0.4, 0.5) is 0 Å². The molecule has 0 fully saturated rings. The maximum Gasteiger partial charge on any atom is 0.343 e. The van der Waals surface area contributed by atoms with E-state index in [1.165, 1.54) is 6.21 Å². The highest BCUT2D eigenvalue weighted by Gasteiger charge is 2.12. The van der Waals surface area contributed by atoms with Gasteiger partial charge in [-0.15, -0.1) is 0 Å². The number of esters is 1. The van der Waals surface area contributed by atoms with Crippen molar-refractivity contribution in [2.24, 2.45) is 5.10 Å². The first-order valence-electron chi connectivity index (χ1n) is 11.2. The first-order valence-corrected chi connectivity index (χ1v) is 12.0. The van der Waals surface area contributed by atoms with E-state index in [1.54, 1.807) is 60.7 Å². The van der Waals surface area contributed by atoms with Crippen molar-refractivity contribution in [3.63, 3.8) is 0 Å². The Hall–Kier alpha value is -4.23. The number of halogens is 1. The standard InChI is InChI=1S/C29H23BrN2O4/c1-20-6-5-9-23(16-20)29(34)36-27-15-12-25(30)17-24(27)18-31-32-28(33)22-10-13-26(14-11-22)35-19-21-7-3-2-4-8-21/h2-18H,19H2,1H3,(H,32,33)/b31-18-. The second-order valence-corrected chi connectivity index (χ2v) is 8.85. The third-order valence-electron chi connectivity index (χ3n) is 5.16. The summed E-state index contributed by atoms with van der Waals surface area (Å²) in [5, 5.41) is 4.04. The molecule has 0 aliphatic carbocycles. The summed E-state index contributed by atoms with van der Waals surface area (Å²) in [5.41, 5.74) is 5.92. The van der Waals surface area contributed by atoms with Gasteiger partial charge in [-0.2, -0.15) is 5.10 Å². The van der Waals surface area contributed by atoms with Gasteiger partial charge in [0.2, 0.25) is 0 Å². The number of hydrogen-bond acceptors (Lipinski definition) is 5. The van der Waals surface area contributed by atoms with Crippen LogP contribution in [0.5, 0.6) is 11.5 Å². The molecule has 4 rings (SSSR count). The molecule has 0 aromatic heterocycles. The van der Waals surface area contributed by atoms with E-state index in [-0.39, 0.29) is 5.91 Å². The molecule has 0 unspecified atom stereocenters. The van der Waals surface area contributed by atoms with Crippen LogP contribution >= 0.6 is 15.9 Å². The first kappa shape index (κ1) is 24.9. The quantitative estimate of drug-likeness (QED) is 0.122. The van der Waals surface area contributed by atoms with Crippen LogP contribution in [0.1, 0.15) is 37.4 Å². The zero-order valence-corrected chi connectivity index (χ0v) is 21.1. The number of rotatable bonds is 8. The van der Waals surface area contributed by atoms with Gasteiger partial charge in [-0.25, -0.2) is 10.2 Å². The van der Waals surface area contributed by atoms with Crippen molar-refractivity contribution in [3.05, 3.63) is 129 Å². The predicted molar refractivity (Wildman–Crippen MR) is 143 cm³/mol. The van der Waals surface area contributed by atoms with Gasteiger partial charge in [-0.05, 0) is 67.1 Å². The average Bonchev–Trinajstić information content (AvgIpc) is 2.89. The normalized spacial score (nSPS) is 10.7. The van der Waals surface area contributed by atoms with Crippen LogP contribution in [0.2, 0.25) is 0 Å². The van der Waals surface area contributed by atoms with Gasteiger partial charge in [0.05, 0.1) is 11.8 Å². The fourth-order valence-corrected chi connectivity index (χ4v) is 3.69. The van der Waals surface area contributed by atoms with Gasteiger partial charge in [-0.1, -0.05) is 64.0 Å². The van der Waals surface area contributed by atoms with Crippen LogP contribution in [0, 0.1) is 6.92 Å². The zero-order valence-electron chi connectivity index (χ0n) is 19.5. The van der Waals surface area contributed by atoms with Gasteiger partial charge in [-0.3, -0.25) is 4.79 Å². The Balaban J connectivity index is 1.37. The molecule has 0 bridgehead atoms. The third kappa shape index (κ3) is 6.90. The molecule has 0 atom stereocenters. The summed E-state index contributed by atoms with van der Waals surface area (Å²) in [4.78, 5) is 25.1. The van der Waals surface area contributed by atoms with Gasteiger partial charge in [0, 0.05) is 15.6 Å². The minimum absolute atomic E-state index is 0.322. The Labute approximate surface area is 217 Å². The second kappa shape index (κ2) is 12.0. The molecule has 0 radical (unpaired) electrons. The van der Waals surface area contributed by atoms with E-state index in [2.05, 4.69) is 26.5 Å². The first-order chi connectivity index (χ1) is 17.5. The van der Waals surface area contributed by atoms with Gasteiger partial charge >= 0.3 is 5.97 Å². The number of nitrogens with one attached hydrogen (secondary N) is 1. The highest BCUT2D eigenvalue weighted by Crippen LogP contribution is 2.23. The molecule has 0 saturated heterocycles. The highest BCUT2D eigenvalue weighted by atomic mass is 79.9. The van der Waals surface area contributed by atoms with Crippen molar-refractivity contribution in [1.82, 2.24) is 5.43 Å². The lowest BCUT2D eigenvalue weighted by atomic mass is 10.1. The molecule has 4 aromatic rings. The van der Waals surface area contributed by atoms with Crippen LogP contribution in [-0.2, 0) is 6.61 Å². The van der Waals surface area contributed by atoms with Crippen molar-refractivity contribution < 1.29 is 19.1 Å². The zero-order chi connectivity index (χ0) is 25.3. The molecule has 180 valence electrons. The van der Waals surface area contributed by atoms with Gasteiger partial charge in [0.25, 0.3) is 5.91 Å². The van der Waals surface area contributed by atoms with E-state index in [0.29, 0.717) is 34.8 Å². The number of carbonyl (C=O) groups excluding carboxylic acids is 2. The number of ether oxygens (including phenoxy) is 2. The van der Waals surface area contributed by atoms with Crippen molar-refractivity contribution in [2.75, 3.05) is 0 Å². The Bertz CT molecular complexity index is 1390. The molecule has 36 heavy (non-hydrogen) atoms. The van der Waals surface area contributed by atoms with E-state index in [9.17, 15) is 9.59 Å². The molecule has 0 aliphatic rings. The topological polar surface area (TPSA) is 77.0 Å². The maximum absolute atomic E-state index is 12.6. The molecule has 1 N–H and O–H groups in total. The fourth-order valence-electron chi connectivity index (χ4n) is 3.31. The average molecular weight is 543 g/mol. The molecule has 0 saturated carbocycles. The molecule has 7 heteroatoms. The molecule has 0 aliphatic heterocycles. The Morgan fingerprint density at radius 1 is 0.889 bits per heavy atom. The predicted octanol–water partition coefficient (Wildman–Crippen LogP) is 6.32. The Morgan fingerprint density at radius 3 is 2.42 bits per heavy atom. The summed E-state index contributed by atoms with van der Waals surface area (Å²) in [7, 11) is 0. The summed E-state index contributed by atoms with van der Waals surface area (Å²) < 4.78 is 12.1. The lowest BCUT2D eigenvalue weighted by molar-refractivity contribution is 0.0734. The molecular weight excluding hydrogens is 520 g/mol. The summed E-state index contributed by atoms with van der Waals surface area (Å²) in [6.07, 6.45) is 1.43. The number of amides is 1. The number of carbonyl (C=O) groups is 2. The van der Waals surface area contributed by atoms with Gasteiger partial charge < -0.3 is 9.47 Å². The number of hydrogen-bond donors (Lipinski definition) is 1. The van der Waals surface area contributed by atoms with Gasteiger partial charge in [0.15, 0.2) is 0 Å². The third-order valence-corrected chi connectivity index (χ3v) is 5.66. The molecular formula is C29H23BrN2O4. The monoisotopic (exact) mass is 542 g/mol. The van der Waals surface area contributed by atoms with Crippen molar-refractivity contribution in [2.45, 2.75) is 13.5 Å². The summed E-state index contributed by atoms with van der Waals surface area (Å²) in [5.74, 6) is 0.124. The van der Waals surface area contributed by atoms with E-state index in [1.807, 2.05) is 43.3 Å². The van der Waals surface area contributed by atoms with Crippen LogP contribution in [0.3, 0.4) is 0 Å². The summed E-state index contributed by atoms with van der Waals surface area (Å²) >= 11 is 3.41. The van der Waals surface area contributed by atoms with Crippen molar-refractivity contribution in [3.8, 4) is 11.5 Å².